The van der Waals surface area contributed by atoms with Crippen LogP contribution in [0.4, 0.5) is 26.3 Å². The largest absolute Gasteiger partial charge is 0.781 e. The van der Waals surface area contributed by atoms with Crippen LogP contribution in [0.25, 0.3) is 0 Å². The van der Waals surface area contributed by atoms with Gasteiger partial charge >= 0.3 is 18.1 Å². The van der Waals surface area contributed by atoms with Gasteiger partial charge in [0.05, 0.1) is 0 Å². The highest BCUT2D eigenvalue weighted by molar-refractivity contribution is 4.86. The maximum Gasteiger partial charge on any atom is 0.448 e. The Hall–Kier alpha value is -1.31. The molecule has 0 N–H and O–H groups in total. The van der Waals surface area contributed by atoms with Crippen molar-refractivity contribution >= 4 is 0 Å². The average molecular weight is 245 g/mol. The smallest absolute Gasteiger partial charge is 0.448 e. The Morgan fingerprint density at radius 3 is 1.44 bits per heavy atom. The van der Waals surface area contributed by atoms with Gasteiger partial charge < -0.3 is 5.11 Å². The monoisotopic (exact) mass is 245 g/mol. The molecule has 0 unspecified atom stereocenters. The van der Waals surface area contributed by atoms with E-state index in [4.69, 9.17) is 0 Å². The van der Waals surface area contributed by atoms with Crippen LogP contribution in [0.5, 0.6) is 0 Å². The second-order valence-electron chi connectivity index (χ2n) is 2.92. The summed E-state index contributed by atoms with van der Waals surface area (Å²) in [4.78, 5) is 0. The minimum Gasteiger partial charge on any atom is -0.781 e. The van der Waals surface area contributed by atoms with E-state index in [1.165, 1.54) is 6.07 Å². The van der Waals surface area contributed by atoms with Crippen molar-refractivity contribution in [2.75, 3.05) is 0 Å². The van der Waals surface area contributed by atoms with Crippen molar-refractivity contribution in [1.82, 2.24) is 0 Å². The minimum atomic E-state index is -5.97. The van der Waals surface area contributed by atoms with Gasteiger partial charge in [-0.15, -0.1) is 0 Å². The number of hydrogen-bond donors (Lipinski definition) is 0. The van der Waals surface area contributed by atoms with E-state index in [9.17, 15) is 31.4 Å². The average Bonchev–Trinajstić information content (AvgIpc) is 2.14. The van der Waals surface area contributed by atoms with E-state index < -0.39 is 22.6 Å². The zero-order valence-corrected chi connectivity index (χ0v) is 7.51. The predicted octanol–water partition coefficient (Wildman–Crippen LogP) is 1.11. The van der Waals surface area contributed by atoms with Gasteiger partial charge in [-0.05, 0) is 0 Å². The lowest BCUT2D eigenvalue weighted by molar-refractivity contribution is -0.953. The summed E-state index contributed by atoms with van der Waals surface area (Å²) in [6, 6.07) is 3.01. The predicted molar refractivity (Wildman–Crippen MR) is 36.7 cm³/mol. The molecule has 0 amide bonds. The maximum absolute atomic E-state index is 12.2. The number of nitrogens with zero attached hydrogens (tertiary/aromatic N) is 1. The van der Waals surface area contributed by atoms with E-state index in [-0.39, 0.29) is 0 Å². The molecule has 0 aliphatic heterocycles. The molecule has 0 aliphatic rings. The second-order valence-corrected chi connectivity index (χ2v) is 2.92. The summed E-state index contributed by atoms with van der Waals surface area (Å²) in [5, 5.41) is 11.1. The normalized spacial score (nSPS) is 13.9. The third-order valence-electron chi connectivity index (χ3n) is 1.85. The maximum atomic E-state index is 12.2. The molecule has 0 aromatic carbocycles. The van der Waals surface area contributed by atoms with Crippen molar-refractivity contribution < 1.29 is 36.0 Å². The van der Waals surface area contributed by atoms with Crippen LogP contribution in [0, 0.1) is 0 Å². The summed E-state index contributed by atoms with van der Waals surface area (Å²) >= 11 is 0. The first-order chi connectivity index (χ1) is 7.11. The first-order valence-electron chi connectivity index (χ1n) is 3.91. The van der Waals surface area contributed by atoms with Crippen LogP contribution in [-0.2, 0) is 5.72 Å². The Balaban J connectivity index is 3.39. The van der Waals surface area contributed by atoms with Gasteiger partial charge in [-0.1, -0.05) is 6.07 Å². The number of aromatic nitrogens is 1. The van der Waals surface area contributed by atoms with Crippen LogP contribution >= 0.6 is 0 Å². The standard InChI is InChI=1S/C8H5F6NO/c9-7(10,11)6(16,8(12,13)14)15-4-2-1-3-5-15/h1-5H. The van der Waals surface area contributed by atoms with Crippen molar-refractivity contribution in [1.29, 1.82) is 0 Å². The minimum absolute atomic E-state index is 0.425. The molecule has 0 radical (unpaired) electrons. The van der Waals surface area contributed by atoms with E-state index in [0.717, 1.165) is 12.1 Å². The summed E-state index contributed by atoms with van der Waals surface area (Å²) in [7, 11) is 0. The zero-order chi connectivity index (χ0) is 12.6. The number of alkyl halides is 6. The van der Waals surface area contributed by atoms with Crippen LogP contribution in [0.2, 0.25) is 0 Å². The summed E-state index contributed by atoms with van der Waals surface area (Å²) in [5.41, 5.74) is -5.17. The summed E-state index contributed by atoms with van der Waals surface area (Å²) in [6.45, 7) is 0. The van der Waals surface area contributed by atoms with Gasteiger partial charge in [0.25, 0.3) is 0 Å². The van der Waals surface area contributed by atoms with E-state index in [0.29, 0.717) is 12.4 Å². The molecule has 1 heterocycles. The molecule has 0 aliphatic carbocycles. The Morgan fingerprint density at radius 1 is 0.750 bits per heavy atom. The molecule has 1 aromatic rings. The highest BCUT2D eigenvalue weighted by Crippen LogP contribution is 2.40. The first-order valence-corrected chi connectivity index (χ1v) is 3.91. The Labute approximate surface area is 85.7 Å². The van der Waals surface area contributed by atoms with Crippen LogP contribution < -0.4 is 9.67 Å². The molecule has 1 rings (SSSR count). The number of rotatable bonds is 1. The Kier molecular flexibility index (Phi) is 2.88. The molecule has 0 atom stereocenters. The fourth-order valence-corrected chi connectivity index (χ4v) is 1.06. The molecular weight excluding hydrogens is 240 g/mol. The molecule has 16 heavy (non-hydrogen) atoms. The van der Waals surface area contributed by atoms with Crippen molar-refractivity contribution in [3.05, 3.63) is 30.6 Å². The third kappa shape index (κ3) is 1.84. The molecule has 0 spiro atoms. The van der Waals surface area contributed by atoms with Gasteiger partial charge in [0.2, 0.25) is 0 Å². The zero-order valence-electron chi connectivity index (χ0n) is 7.51. The summed E-state index contributed by atoms with van der Waals surface area (Å²) < 4.78 is 72.9. The van der Waals surface area contributed by atoms with Gasteiger partial charge in [0, 0.05) is 12.1 Å². The fraction of sp³-hybridized carbons (Fsp3) is 0.375. The molecule has 0 bridgehead atoms. The van der Waals surface area contributed by atoms with E-state index in [1.54, 1.807) is 0 Å². The number of halogens is 6. The summed E-state index contributed by atoms with van der Waals surface area (Å²) in [6.07, 6.45) is -11.1. The highest BCUT2D eigenvalue weighted by atomic mass is 19.4. The molecule has 1 aromatic heterocycles. The van der Waals surface area contributed by atoms with E-state index in [1.807, 2.05) is 0 Å². The third-order valence-corrected chi connectivity index (χ3v) is 1.85. The Bertz CT molecular complexity index is 343. The molecule has 0 saturated heterocycles. The van der Waals surface area contributed by atoms with Gasteiger partial charge in [0.1, 0.15) is 0 Å². The topological polar surface area (TPSA) is 26.9 Å². The van der Waals surface area contributed by atoms with Crippen molar-refractivity contribution in [2.24, 2.45) is 0 Å². The van der Waals surface area contributed by atoms with Gasteiger partial charge in [-0.3, -0.25) is 0 Å². The number of hydrogen-bond acceptors (Lipinski definition) is 1. The lowest BCUT2D eigenvalue weighted by Gasteiger charge is -2.36. The molecule has 0 fully saturated rings. The van der Waals surface area contributed by atoms with Crippen molar-refractivity contribution in [3.63, 3.8) is 0 Å². The lowest BCUT2D eigenvalue weighted by Crippen LogP contribution is -2.79. The molecular formula is C8H5F6NO. The Morgan fingerprint density at radius 2 is 1.12 bits per heavy atom. The highest BCUT2D eigenvalue weighted by Gasteiger charge is 2.70. The van der Waals surface area contributed by atoms with Crippen LogP contribution in [-0.4, -0.2) is 12.4 Å². The van der Waals surface area contributed by atoms with Crippen molar-refractivity contribution in [2.45, 2.75) is 18.1 Å². The molecule has 90 valence electrons. The van der Waals surface area contributed by atoms with Gasteiger partial charge in [-0.25, -0.2) is 0 Å². The molecule has 0 saturated carbocycles. The fourth-order valence-electron chi connectivity index (χ4n) is 1.06. The number of pyridine rings is 1. The quantitative estimate of drug-likeness (QED) is 0.538. The van der Waals surface area contributed by atoms with Gasteiger partial charge in [0.15, 0.2) is 12.4 Å². The molecule has 2 nitrogen and oxygen atoms in total. The lowest BCUT2D eigenvalue weighted by atomic mass is 10.2. The first kappa shape index (κ1) is 12.8. The molecule has 8 heteroatoms. The van der Waals surface area contributed by atoms with E-state index in [2.05, 4.69) is 0 Å². The second kappa shape index (κ2) is 3.62. The van der Waals surface area contributed by atoms with Crippen LogP contribution in [0.15, 0.2) is 30.6 Å². The van der Waals surface area contributed by atoms with Crippen LogP contribution in [0.1, 0.15) is 0 Å². The van der Waals surface area contributed by atoms with Gasteiger partial charge in [-0.2, -0.15) is 30.9 Å². The van der Waals surface area contributed by atoms with E-state index >= 15 is 0 Å². The SMILES string of the molecule is [O-]C([n+]1ccccc1)(C(F)(F)F)C(F)(F)F. The summed E-state index contributed by atoms with van der Waals surface area (Å²) in [5.74, 6) is 0. The van der Waals surface area contributed by atoms with Crippen LogP contribution in [0.3, 0.4) is 0 Å². The van der Waals surface area contributed by atoms with Crippen molar-refractivity contribution in [3.8, 4) is 0 Å².